The van der Waals surface area contributed by atoms with E-state index < -0.39 is 0 Å². The molecule has 0 aliphatic carbocycles. The Balaban J connectivity index is 2.69. The molecular weight excluding hydrogens is 222 g/mol. The van der Waals surface area contributed by atoms with Crippen molar-refractivity contribution in [2.75, 3.05) is 6.54 Å². The van der Waals surface area contributed by atoms with E-state index in [1.54, 1.807) is 0 Å². The van der Waals surface area contributed by atoms with Crippen LogP contribution < -0.4 is 5.32 Å². The van der Waals surface area contributed by atoms with E-state index in [1.165, 1.54) is 5.56 Å². The van der Waals surface area contributed by atoms with Gasteiger partial charge in [-0.1, -0.05) is 51.1 Å². The summed E-state index contributed by atoms with van der Waals surface area (Å²) in [6, 6.07) is 10.2. The number of carbonyl (C=O) groups is 1. The van der Waals surface area contributed by atoms with Crippen molar-refractivity contribution in [3.8, 4) is 0 Å². The third-order valence-corrected chi connectivity index (χ3v) is 3.36. The van der Waals surface area contributed by atoms with E-state index in [9.17, 15) is 4.79 Å². The molecule has 0 fully saturated rings. The van der Waals surface area contributed by atoms with Crippen LogP contribution in [0.5, 0.6) is 0 Å². The first kappa shape index (κ1) is 14.9. The Morgan fingerprint density at radius 1 is 1.22 bits per heavy atom. The van der Waals surface area contributed by atoms with Gasteiger partial charge < -0.3 is 5.32 Å². The predicted molar refractivity (Wildman–Crippen MR) is 76.7 cm³/mol. The summed E-state index contributed by atoms with van der Waals surface area (Å²) in [5, 5.41) is 3.38. The molecule has 0 aliphatic rings. The SMILES string of the molecule is CCCNC(Cc1ccccc1)C(=O)C(C)CC. The number of rotatable bonds is 8. The highest BCUT2D eigenvalue weighted by Gasteiger charge is 2.22. The van der Waals surface area contributed by atoms with Crippen molar-refractivity contribution in [1.29, 1.82) is 0 Å². The van der Waals surface area contributed by atoms with Gasteiger partial charge in [-0.15, -0.1) is 0 Å². The summed E-state index contributed by atoms with van der Waals surface area (Å²) in [5.41, 5.74) is 1.22. The Bertz CT molecular complexity index is 347. The molecule has 0 aromatic heterocycles. The molecule has 0 bridgehead atoms. The Labute approximate surface area is 111 Å². The van der Waals surface area contributed by atoms with Gasteiger partial charge in [0.05, 0.1) is 6.04 Å². The van der Waals surface area contributed by atoms with E-state index in [1.807, 2.05) is 25.1 Å². The monoisotopic (exact) mass is 247 g/mol. The van der Waals surface area contributed by atoms with Crippen LogP contribution in [0.15, 0.2) is 30.3 Å². The van der Waals surface area contributed by atoms with Crippen molar-refractivity contribution in [3.63, 3.8) is 0 Å². The van der Waals surface area contributed by atoms with Gasteiger partial charge in [0, 0.05) is 5.92 Å². The third-order valence-electron chi connectivity index (χ3n) is 3.36. The zero-order valence-corrected chi connectivity index (χ0v) is 11.8. The molecule has 1 aromatic carbocycles. The van der Waals surface area contributed by atoms with Crippen molar-refractivity contribution in [1.82, 2.24) is 5.32 Å². The first-order valence-corrected chi connectivity index (χ1v) is 7.00. The van der Waals surface area contributed by atoms with Gasteiger partial charge in [-0.2, -0.15) is 0 Å². The second kappa shape index (κ2) is 8.04. The molecule has 0 radical (unpaired) electrons. The molecule has 1 N–H and O–H groups in total. The van der Waals surface area contributed by atoms with Crippen LogP contribution in [0.3, 0.4) is 0 Å². The molecule has 100 valence electrons. The van der Waals surface area contributed by atoms with E-state index in [4.69, 9.17) is 0 Å². The maximum Gasteiger partial charge on any atom is 0.152 e. The Kier molecular flexibility index (Phi) is 6.66. The van der Waals surface area contributed by atoms with Crippen molar-refractivity contribution in [2.24, 2.45) is 5.92 Å². The number of hydrogen-bond acceptors (Lipinski definition) is 2. The minimum atomic E-state index is -0.0395. The quantitative estimate of drug-likeness (QED) is 0.764. The molecule has 0 heterocycles. The number of carbonyl (C=O) groups excluding carboxylic acids is 1. The van der Waals surface area contributed by atoms with Gasteiger partial charge in [-0.3, -0.25) is 4.79 Å². The van der Waals surface area contributed by atoms with Crippen LogP contribution in [0, 0.1) is 5.92 Å². The summed E-state index contributed by atoms with van der Waals surface area (Å²) in [7, 11) is 0. The standard InChI is InChI=1S/C16H25NO/c1-4-11-17-15(16(18)13(3)5-2)12-14-9-7-6-8-10-14/h6-10,13,15,17H,4-5,11-12H2,1-3H3. The second-order valence-corrected chi connectivity index (χ2v) is 4.91. The molecule has 0 saturated carbocycles. The molecule has 2 unspecified atom stereocenters. The molecule has 1 aromatic rings. The molecule has 2 heteroatoms. The maximum atomic E-state index is 12.3. The van der Waals surface area contributed by atoms with E-state index in [-0.39, 0.29) is 12.0 Å². The highest BCUT2D eigenvalue weighted by atomic mass is 16.1. The van der Waals surface area contributed by atoms with E-state index in [0.717, 1.165) is 25.8 Å². The zero-order valence-electron chi connectivity index (χ0n) is 11.8. The molecular formula is C16H25NO. The summed E-state index contributed by atoms with van der Waals surface area (Å²) in [6.07, 6.45) is 2.76. The molecule has 0 saturated heterocycles. The minimum Gasteiger partial charge on any atom is -0.307 e. The first-order chi connectivity index (χ1) is 8.69. The maximum absolute atomic E-state index is 12.3. The number of ketones is 1. The van der Waals surface area contributed by atoms with Crippen molar-refractivity contribution in [3.05, 3.63) is 35.9 Å². The van der Waals surface area contributed by atoms with Gasteiger partial charge in [-0.05, 0) is 31.4 Å². The molecule has 2 atom stereocenters. The number of benzene rings is 1. The predicted octanol–water partition coefficient (Wildman–Crippen LogP) is 3.21. The number of hydrogen-bond donors (Lipinski definition) is 1. The average molecular weight is 247 g/mol. The lowest BCUT2D eigenvalue weighted by Crippen LogP contribution is -2.41. The average Bonchev–Trinajstić information content (AvgIpc) is 2.42. The number of nitrogens with one attached hydrogen (secondary N) is 1. The number of Topliss-reactive ketones (excluding diaryl/α,β-unsaturated/α-hetero) is 1. The van der Waals surface area contributed by atoms with Crippen LogP contribution in [0.1, 0.15) is 39.2 Å². The van der Waals surface area contributed by atoms with Crippen LogP contribution in [0.25, 0.3) is 0 Å². The van der Waals surface area contributed by atoms with E-state index in [2.05, 4.69) is 31.3 Å². The highest BCUT2D eigenvalue weighted by molar-refractivity contribution is 5.86. The fraction of sp³-hybridized carbons (Fsp3) is 0.562. The zero-order chi connectivity index (χ0) is 13.4. The summed E-state index contributed by atoms with van der Waals surface area (Å²) < 4.78 is 0. The smallest absolute Gasteiger partial charge is 0.152 e. The molecule has 18 heavy (non-hydrogen) atoms. The second-order valence-electron chi connectivity index (χ2n) is 4.91. The largest absolute Gasteiger partial charge is 0.307 e. The normalized spacial score (nSPS) is 14.2. The lowest BCUT2D eigenvalue weighted by atomic mass is 9.93. The van der Waals surface area contributed by atoms with E-state index in [0.29, 0.717) is 5.78 Å². The Morgan fingerprint density at radius 2 is 1.89 bits per heavy atom. The molecule has 2 nitrogen and oxygen atoms in total. The Hall–Kier alpha value is -1.15. The van der Waals surface area contributed by atoms with Gasteiger partial charge in [0.2, 0.25) is 0 Å². The van der Waals surface area contributed by atoms with Crippen LogP contribution in [-0.4, -0.2) is 18.4 Å². The summed E-state index contributed by atoms with van der Waals surface area (Å²) in [4.78, 5) is 12.3. The fourth-order valence-electron chi connectivity index (χ4n) is 1.99. The van der Waals surface area contributed by atoms with Crippen molar-refractivity contribution >= 4 is 5.78 Å². The topological polar surface area (TPSA) is 29.1 Å². The third kappa shape index (κ3) is 4.61. The fourth-order valence-corrected chi connectivity index (χ4v) is 1.99. The lowest BCUT2D eigenvalue weighted by molar-refractivity contribution is -0.124. The summed E-state index contributed by atoms with van der Waals surface area (Å²) >= 11 is 0. The lowest BCUT2D eigenvalue weighted by Gasteiger charge is -2.20. The molecule has 0 aliphatic heterocycles. The van der Waals surface area contributed by atoms with Crippen LogP contribution >= 0.6 is 0 Å². The van der Waals surface area contributed by atoms with E-state index >= 15 is 0 Å². The Morgan fingerprint density at radius 3 is 2.44 bits per heavy atom. The van der Waals surface area contributed by atoms with Gasteiger partial charge >= 0.3 is 0 Å². The van der Waals surface area contributed by atoms with Crippen molar-refractivity contribution < 1.29 is 4.79 Å². The first-order valence-electron chi connectivity index (χ1n) is 7.00. The summed E-state index contributed by atoms with van der Waals surface area (Å²) in [6.45, 7) is 7.12. The van der Waals surface area contributed by atoms with Crippen LogP contribution in [0.4, 0.5) is 0 Å². The molecule has 0 spiro atoms. The van der Waals surface area contributed by atoms with Gasteiger partial charge in [0.25, 0.3) is 0 Å². The van der Waals surface area contributed by atoms with Gasteiger partial charge in [0.15, 0.2) is 5.78 Å². The van der Waals surface area contributed by atoms with Crippen molar-refractivity contribution in [2.45, 2.75) is 46.1 Å². The van der Waals surface area contributed by atoms with Gasteiger partial charge in [0.1, 0.15) is 0 Å². The highest BCUT2D eigenvalue weighted by Crippen LogP contribution is 2.11. The van der Waals surface area contributed by atoms with Crippen LogP contribution in [-0.2, 0) is 11.2 Å². The van der Waals surface area contributed by atoms with Gasteiger partial charge in [-0.25, -0.2) is 0 Å². The molecule has 0 amide bonds. The minimum absolute atomic E-state index is 0.0395. The van der Waals surface area contributed by atoms with Crippen LogP contribution in [0.2, 0.25) is 0 Å². The summed E-state index contributed by atoms with van der Waals surface area (Å²) in [5.74, 6) is 0.484. The molecule has 1 rings (SSSR count).